The highest BCUT2D eigenvalue weighted by molar-refractivity contribution is 8.27. The van der Waals surface area contributed by atoms with E-state index < -0.39 is 34.0 Å². The average molecular weight is 496 g/mol. The number of carbonyl (C=O) groups is 2. The second kappa shape index (κ2) is 9.41. The maximum atomic E-state index is 13.1. The van der Waals surface area contributed by atoms with Crippen LogP contribution in [0.25, 0.3) is 6.08 Å². The molecule has 34 heavy (non-hydrogen) atoms. The van der Waals surface area contributed by atoms with Gasteiger partial charge in [-0.25, -0.2) is 4.39 Å². The highest BCUT2D eigenvalue weighted by Crippen LogP contribution is 2.37. The van der Waals surface area contributed by atoms with Crippen LogP contribution >= 0.6 is 24.0 Å². The number of anilines is 2. The summed E-state index contributed by atoms with van der Waals surface area (Å²) >= 11 is 6.36. The van der Waals surface area contributed by atoms with Gasteiger partial charge in [0, 0.05) is 17.3 Å². The number of thiocarbonyl (C=S) groups is 1. The molecule has 170 valence electrons. The lowest BCUT2D eigenvalue weighted by atomic mass is 10.1. The fourth-order valence-corrected chi connectivity index (χ4v) is 4.44. The van der Waals surface area contributed by atoms with E-state index in [1.807, 2.05) is 0 Å². The molecule has 0 radical (unpaired) electrons. The lowest BCUT2D eigenvalue weighted by molar-refractivity contribution is -0.385. The molecule has 1 saturated heterocycles. The molecule has 0 saturated carbocycles. The highest BCUT2D eigenvalue weighted by Gasteiger charge is 2.33. The van der Waals surface area contributed by atoms with Crippen LogP contribution in [0, 0.1) is 15.9 Å². The molecule has 0 spiro atoms. The number of hydrogen-bond acceptors (Lipinski definition) is 7. The van der Waals surface area contributed by atoms with Gasteiger partial charge in [-0.15, -0.1) is 0 Å². The highest BCUT2D eigenvalue weighted by atomic mass is 32.2. The maximum Gasteiger partial charge on any atom is 0.311 e. The third-order valence-electron chi connectivity index (χ3n) is 4.76. The van der Waals surface area contributed by atoms with Crippen LogP contribution < -0.4 is 10.2 Å². The Morgan fingerprint density at radius 2 is 1.88 bits per heavy atom. The number of phenols is 1. The van der Waals surface area contributed by atoms with Crippen molar-refractivity contribution in [2.24, 2.45) is 0 Å². The van der Waals surface area contributed by atoms with E-state index in [2.05, 4.69) is 5.32 Å². The van der Waals surface area contributed by atoms with Gasteiger partial charge in [0.25, 0.3) is 11.8 Å². The predicted octanol–water partition coefficient (Wildman–Crippen LogP) is 5.10. The molecule has 3 aromatic carbocycles. The topological polar surface area (TPSA) is 113 Å². The predicted molar refractivity (Wildman–Crippen MR) is 131 cm³/mol. The number of phenolic OH excluding ortho intramolecular Hbond substituents is 1. The summed E-state index contributed by atoms with van der Waals surface area (Å²) in [6.07, 6.45) is 1.44. The summed E-state index contributed by atoms with van der Waals surface area (Å²) < 4.78 is 13.3. The van der Waals surface area contributed by atoms with Gasteiger partial charge in [-0.2, -0.15) is 0 Å². The molecule has 0 aliphatic carbocycles. The Hall–Kier alpha value is -4.09. The first-order valence-electron chi connectivity index (χ1n) is 9.65. The van der Waals surface area contributed by atoms with Crippen molar-refractivity contribution in [2.45, 2.75) is 0 Å². The third kappa shape index (κ3) is 4.80. The number of nitrogens with zero attached hydrogens (tertiary/aromatic N) is 2. The Balaban J connectivity index is 1.58. The molecular formula is C23H14FN3O5S2. The molecular weight excluding hydrogens is 481 g/mol. The van der Waals surface area contributed by atoms with E-state index in [9.17, 15) is 29.2 Å². The van der Waals surface area contributed by atoms with Gasteiger partial charge < -0.3 is 10.4 Å². The molecule has 3 aromatic rings. The van der Waals surface area contributed by atoms with Crippen LogP contribution in [0.2, 0.25) is 0 Å². The van der Waals surface area contributed by atoms with E-state index in [0.29, 0.717) is 16.9 Å². The molecule has 0 atom stereocenters. The Morgan fingerprint density at radius 3 is 2.59 bits per heavy atom. The van der Waals surface area contributed by atoms with Crippen LogP contribution in [-0.2, 0) is 4.79 Å². The van der Waals surface area contributed by atoms with E-state index >= 15 is 0 Å². The van der Waals surface area contributed by atoms with Crippen LogP contribution in [0.5, 0.6) is 5.75 Å². The number of aromatic hydroxyl groups is 1. The van der Waals surface area contributed by atoms with Gasteiger partial charge in [-0.05, 0) is 60.2 Å². The van der Waals surface area contributed by atoms with E-state index in [0.717, 1.165) is 17.8 Å². The molecule has 0 bridgehead atoms. The standard InChI is InChI=1S/C23H14FN3O5S2/c24-15-5-7-16(8-6-15)25-21(29)14-2-1-3-17(12-14)26-22(30)20(34-23(26)33)11-13-4-9-19(28)18(10-13)27(31)32/h1-12,28H,(H,25,29)/b20-11+. The van der Waals surface area contributed by atoms with Gasteiger partial charge in [0.1, 0.15) is 5.82 Å². The normalized spacial score (nSPS) is 14.5. The van der Waals surface area contributed by atoms with Crippen LogP contribution in [0.1, 0.15) is 15.9 Å². The molecule has 1 aliphatic heterocycles. The first-order valence-corrected chi connectivity index (χ1v) is 10.9. The molecule has 4 rings (SSSR count). The third-order valence-corrected chi connectivity index (χ3v) is 6.06. The van der Waals surface area contributed by atoms with E-state index in [1.165, 1.54) is 53.4 Å². The molecule has 1 fully saturated rings. The number of thioether (sulfide) groups is 1. The van der Waals surface area contributed by atoms with Crippen LogP contribution in [0.15, 0.2) is 71.6 Å². The number of benzene rings is 3. The molecule has 1 aliphatic rings. The number of halogens is 1. The van der Waals surface area contributed by atoms with Crippen molar-refractivity contribution in [2.75, 3.05) is 10.2 Å². The average Bonchev–Trinajstić information content (AvgIpc) is 3.09. The summed E-state index contributed by atoms with van der Waals surface area (Å²) in [5.41, 5.74) is 0.901. The summed E-state index contributed by atoms with van der Waals surface area (Å²) in [4.78, 5) is 37.5. The minimum absolute atomic E-state index is 0.223. The van der Waals surface area contributed by atoms with Crippen LogP contribution in [0.4, 0.5) is 21.5 Å². The Bertz CT molecular complexity index is 1380. The van der Waals surface area contributed by atoms with E-state index in [1.54, 1.807) is 18.2 Å². The van der Waals surface area contributed by atoms with Crippen molar-refractivity contribution < 1.29 is 24.0 Å². The van der Waals surface area contributed by atoms with Crippen LogP contribution in [0.3, 0.4) is 0 Å². The monoisotopic (exact) mass is 495 g/mol. The maximum absolute atomic E-state index is 13.1. The van der Waals surface area contributed by atoms with Gasteiger partial charge in [0.2, 0.25) is 0 Å². The number of carbonyl (C=O) groups excluding carboxylic acids is 2. The lowest BCUT2D eigenvalue weighted by Crippen LogP contribution is -2.27. The summed E-state index contributed by atoms with van der Waals surface area (Å²) in [5.74, 6) is -1.82. The molecule has 11 heteroatoms. The minimum atomic E-state index is -0.722. The molecule has 2 N–H and O–H groups in total. The summed E-state index contributed by atoms with van der Waals surface area (Å²) in [7, 11) is 0. The fraction of sp³-hybridized carbons (Fsp3) is 0. The van der Waals surface area contributed by atoms with Crippen molar-refractivity contribution in [3.63, 3.8) is 0 Å². The smallest absolute Gasteiger partial charge is 0.311 e. The fourth-order valence-electron chi connectivity index (χ4n) is 3.14. The minimum Gasteiger partial charge on any atom is -0.502 e. The quantitative estimate of drug-likeness (QED) is 0.219. The number of amides is 2. The zero-order valence-corrected chi connectivity index (χ0v) is 18.7. The Morgan fingerprint density at radius 1 is 1.15 bits per heavy atom. The molecule has 0 aromatic heterocycles. The first-order chi connectivity index (χ1) is 16.2. The molecule has 0 unspecified atom stereocenters. The Labute approximate surface area is 201 Å². The summed E-state index contributed by atoms with van der Waals surface area (Å²) in [5, 5.41) is 23.3. The van der Waals surface area contributed by atoms with Gasteiger partial charge in [0.05, 0.1) is 15.5 Å². The number of nitro groups is 1. The van der Waals surface area contributed by atoms with E-state index in [-0.39, 0.29) is 14.8 Å². The Kier molecular flexibility index (Phi) is 6.39. The number of nitrogens with one attached hydrogen (secondary N) is 1. The van der Waals surface area contributed by atoms with Gasteiger partial charge in [-0.3, -0.25) is 24.6 Å². The summed E-state index contributed by atoms with van der Waals surface area (Å²) in [6, 6.07) is 15.3. The van der Waals surface area contributed by atoms with Gasteiger partial charge in [-0.1, -0.05) is 36.1 Å². The van der Waals surface area contributed by atoms with Crippen molar-refractivity contribution in [3.05, 3.63) is 98.7 Å². The zero-order chi connectivity index (χ0) is 24.4. The van der Waals surface area contributed by atoms with Crippen LogP contribution in [-0.4, -0.2) is 26.2 Å². The summed E-state index contributed by atoms with van der Waals surface area (Å²) in [6.45, 7) is 0. The second-order valence-electron chi connectivity index (χ2n) is 7.03. The SMILES string of the molecule is O=C(Nc1ccc(F)cc1)c1cccc(N2C(=O)/C(=C\c3ccc(O)c([N+](=O)[O-])c3)SC2=S)c1. The van der Waals surface area contributed by atoms with Crippen molar-refractivity contribution in [3.8, 4) is 5.75 Å². The number of rotatable bonds is 5. The number of hydrogen-bond donors (Lipinski definition) is 2. The second-order valence-corrected chi connectivity index (χ2v) is 8.71. The van der Waals surface area contributed by atoms with Crippen molar-refractivity contribution in [1.82, 2.24) is 0 Å². The van der Waals surface area contributed by atoms with E-state index in [4.69, 9.17) is 12.2 Å². The first kappa shape index (κ1) is 23.1. The van der Waals surface area contributed by atoms with Crippen molar-refractivity contribution >= 4 is 63.3 Å². The molecule has 2 amide bonds. The lowest BCUT2D eigenvalue weighted by Gasteiger charge is -2.15. The number of nitro benzene ring substituents is 1. The molecule has 1 heterocycles. The largest absolute Gasteiger partial charge is 0.502 e. The molecule has 8 nitrogen and oxygen atoms in total. The van der Waals surface area contributed by atoms with Gasteiger partial charge >= 0.3 is 5.69 Å². The zero-order valence-electron chi connectivity index (χ0n) is 17.1. The van der Waals surface area contributed by atoms with Crippen molar-refractivity contribution in [1.29, 1.82) is 0 Å². The van der Waals surface area contributed by atoms with Gasteiger partial charge in [0.15, 0.2) is 10.1 Å².